The molecule has 1 aliphatic heterocycles. The number of rotatable bonds is 2. The molecule has 0 radical (unpaired) electrons. The zero-order chi connectivity index (χ0) is 13.8. The Balaban J connectivity index is 0.00000200. The van der Waals surface area contributed by atoms with Gasteiger partial charge in [-0.3, -0.25) is 0 Å². The number of hydrogen-bond donors (Lipinski definition) is 1. The highest BCUT2D eigenvalue weighted by Gasteiger charge is 2.17. The van der Waals surface area contributed by atoms with Crippen molar-refractivity contribution in [3.63, 3.8) is 0 Å². The number of guanidine groups is 1. The maximum atomic E-state index is 13.0. The van der Waals surface area contributed by atoms with Gasteiger partial charge in [0, 0.05) is 13.1 Å². The molecule has 1 atom stereocenters. The lowest BCUT2D eigenvalue weighted by Gasteiger charge is -2.31. The van der Waals surface area contributed by atoms with Gasteiger partial charge in [-0.15, -0.1) is 24.0 Å². The lowest BCUT2D eigenvalue weighted by molar-refractivity contribution is 0.270. The summed E-state index contributed by atoms with van der Waals surface area (Å²) in [5.41, 5.74) is 6.86. The Bertz CT molecular complexity index is 481. The number of halogens is 3. The molecular weight excluding hydrogens is 392 g/mol. The van der Waals surface area contributed by atoms with E-state index >= 15 is 0 Å². The van der Waals surface area contributed by atoms with E-state index in [1.54, 1.807) is 12.1 Å². The van der Waals surface area contributed by atoms with Crippen LogP contribution in [-0.2, 0) is 6.54 Å². The highest BCUT2D eigenvalue weighted by Crippen LogP contribution is 2.17. The summed E-state index contributed by atoms with van der Waals surface area (Å²) in [5, 5.41) is 0.123. The molecule has 112 valence electrons. The molecule has 2 rings (SSSR count). The Labute approximate surface area is 141 Å². The van der Waals surface area contributed by atoms with Crippen LogP contribution in [0.2, 0.25) is 5.02 Å². The SMILES string of the molecule is CC1CCCN(C(N)=NCc2ccc(F)c(Cl)c2)C1.I. The summed E-state index contributed by atoms with van der Waals surface area (Å²) in [6, 6.07) is 4.62. The van der Waals surface area contributed by atoms with E-state index in [9.17, 15) is 4.39 Å². The van der Waals surface area contributed by atoms with Crippen molar-refractivity contribution in [3.05, 3.63) is 34.6 Å². The molecule has 1 fully saturated rings. The number of likely N-dealkylation sites (tertiary alicyclic amines) is 1. The van der Waals surface area contributed by atoms with Gasteiger partial charge in [0.05, 0.1) is 11.6 Å². The van der Waals surface area contributed by atoms with Crippen LogP contribution in [0.4, 0.5) is 4.39 Å². The average Bonchev–Trinajstić information content (AvgIpc) is 2.40. The van der Waals surface area contributed by atoms with Gasteiger partial charge in [-0.05, 0) is 36.5 Å². The van der Waals surface area contributed by atoms with E-state index in [-0.39, 0.29) is 29.0 Å². The van der Waals surface area contributed by atoms with Gasteiger partial charge < -0.3 is 10.6 Å². The molecule has 1 saturated heterocycles. The zero-order valence-corrected chi connectivity index (χ0v) is 14.6. The molecule has 0 saturated carbocycles. The summed E-state index contributed by atoms with van der Waals surface area (Å²) in [6.45, 7) is 4.57. The van der Waals surface area contributed by atoms with Crippen molar-refractivity contribution in [2.24, 2.45) is 16.6 Å². The number of aliphatic imine (C=N–C) groups is 1. The first kappa shape index (κ1) is 17.5. The Morgan fingerprint density at radius 2 is 2.30 bits per heavy atom. The Hall–Kier alpha value is -0.560. The second kappa shape index (κ2) is 8.02. The van der Waals surface area contributed by atoms with Gasteiger partial charge >= 0.3 is 0 Å². The standard InChI is InChI=1S/C14H19ClFN3.HI/c1-10-3-2-6-19(9-10)14(17)18-8-11-4-5-13(16)12(15)7-11;/h4-5,7,10H,2-3,6,8-9H2,1H3,(H2,17,18);1H. The molecule has 0 spiro atoms. The molecular formula is C14H20ClFIN3. The maximum absolute atomic E-state index is 13.0. The minimum atomic E-state index is -0.410. The van der Waals surface area contributed by atoms with Gasteiger partial charge in [0.2, 0.25) is 0 Å². The van der Waals surface area contributed by atoms with Crippen molar-refractivity contribution in [2.45, 2.75) is 26.3 Å². The van der Waals surface area contributed by atoms with Crippen molar-refractivity contribution in [3.8, 4) is 0 Å². The predicted octanol–water partition coefficient (Wildman–Crippen LogP) is 3.64. The first-order chi connectivity index (χ1) is 9.06. The second-order valence-corrected chi connectivity index (χ2v) is 5.52. The van der Waals surface area contributed by atoms with Crippen LogP contribution in [0.1, 0.15) is 25.3 Å². The summed E-state index contributed by atoms with van der Waals surface area (Å²) in [6.07, 6.45) is 2.40. The topological polar surface area (TPSA) is 41.6 Å². The van der Waals surface area contributed by atoms with E-state index in [1.807, 2.05) is 0 Å². The number of piperidine rings is 1. The lowest BCUT2D eigenvalue weighted by Crippen LogP contribution is -2.43. The molecule has 1 aromatic rings. The Morgan fingerprint density at radius 3 is 2.95 bits per heavy atom. The maximum Gasteiger partial charge on any atom is 0.191 e. The smallest absolute Gasteiger partial charge is 0.191 e. The van der Waals surface area contributed by atoms with E-state index in [0.29, 0.717) is 18.4 Å². The molecule has 1 heterocycles. The number of hydrogen-bond acceptors (Lipinski definition) is 1. The van der Waals surface area contributed by atoms with Crippen molar-refractivity contribution >= 4 is 41.5 Å². The van der Waals surface area contributed by atoms with Crippen LogP contribution in [0, 0.1) is 11.7 Å². The van der Waals surface area contributed by atoms with Gasteiger partial charge in [0.25, 0.3) is 0 Å². The number of nitrogens with two attached hydrogens (primary N) is 1. The second-order valence-electron chi connectivity index (χ2n) is 5.12. The molecule has 0 bridgehead atoms. The molecule has 0 amide bonds. The van der Waals surface area contributed by atoms with Crippen LogP contribution in [0.15, 0.2) is 23.2 Å². The van der Waals surface area contributed by atoms with Crippen LogP contribution >= 0.6 is 35.6 Å². The monoisotopic (exact) mass is 411 g/mol. The number of benzene rings is 1. The van der Waals surface area contributed by atoms with E-state index in [4.69, 9.17) is 17.3 Å². The van der Waals surface area contributed by atoms with Gasteiger partial charge in [0.1, 0.15) is 5.82 Å². The first-order valence-electron chi connectivity index (χ1n) is 6.55. The fourth-order valence-corrected chi connectivity index (χ4v) is 2.51. The molecule has 0 aliphatic carbocycles. The Morgan fingerprint density at radius 1 is 1.55 bits per heavy atom. The number of nitrogens with zero attached hydrogens (tertiary/aromatic N) is 2. The zero-order valence-electron chi connectivity index (χ0n) is 11.5. The van der Waals surface area contributed by atoms with Crippen molar-refractivity contribution in [1.29, 1.82) is 0 Å². The lowest BCUT2D eigenvalue weighted by atomic mass is 10.0. The van der Waals surface area contributed by atoms with Gasteiger partial charge in [-0.25, -0.2) is 9.38 Å². The Kier molecular flexibility index (Phi) is 7.02. The van der Waals surface area contributed by atoms with Crippen molar-refractivity contribution in [1.82, 2.24) is 4.90 Å². The van der Waals surface area contributed by atoms with Crippen LogP contribution in [0.5, 0.6) is 0 Å². The largest absolute Gasteiger partial charge is 0.370 e. The predicted molar refractivity (Wildman–Crippen MR) is 92.1 cm³/mol. The third-order valence-corrected chi connectivity index (χ3v) is 3.68. The van der Waals surface area contributed by atoms with Crippen molar-refractivity contribution < 1.29 is 4.39 Å². The third kappa shape index (κ3) is 4.77. The molecule has 6 heteroatoms. The normalized spacial score (nSPS) is 19.6. The fourth-order valence-electron chi connectivity index (χ4n) is 2.31. The summed E-state index contributed by atoms with van der Waals surface area (Å²) in [4.78, 5) is 6.47. The summed E-state index contributed by atoms with van der Waals surface area (Å²) < 4.78 is 13.0. The van der Waals surface area contributed by atoms with E-state index in [1.165, 1.54) is 12.5 Å². The van der Waals surface area contributed by atoms with E-state index in [0.717, 1.165) is 25.1 Å². The van der Waals surface area contributed by atoms with E-state index in [2.05, 4.69) is 16.8 Å². The van der Waals surface area contributed by atoms with Crippen LogP contribution in [-0.4, -0.2) is 23.9 Å². The minimum Gasteiger partial charge on any atom is -0.370 e. The van der Waals surface area contributed by atoms with E-state index < -0.39 is 5.82 Å². The average molecular weight is 412 g/mol. The van der Waals surface area contributed by atoms with Crippen molar-refractivity contribution in [2.75, 3.05) is 13.1 Å². The highest BCUT2D eigenvalue weighted by atomic mass is 127. The van der Waals surface area contributed by atoms with Gasteiger partial charge in [0.15, 0.2) is 5.96 Å². The van der Waals surface area contributed by atoms with Gasteiger partial charge in [-0.2, -0.15) is 0 Å². The van der Waals surface area contributed by atoms with Crippen LogP contribution in [0.3, 0.4) is 0 Å². The van der Waals surface area contributed by atoms with Crippen LogP contribution < -0.4 is 5.73 Å². The molecule has 20 heavy (non-hydrogen) atoms. The third-order valence-electron chi connectivity index (χ3n) is 3.39. The molecule has 1 aliphatic rings. The molecule has 0 aromatic heterocycles. The van der Waals surface area contributed by atoms with Crippen LogP contribution in [0.25, 0.3) is 0 Å². The quantitative estimate of drug-likeness (QED) is 0.459. The minimum absolute atomic E-state index is 0. The molecule has 2 N–H and O–H groups in total. The molecule has 1 aromatic carbocycles. The van der Waals surface area contributed by atoms with Gasteiger partial charge in [-0.1, -0.05) is 24.6 Å². The highest BCUT2D eigenvalue weighted by molar-refractivity contribution is 14.0. The fraction of sp³-hybridized carbons (Fsp3) is 0.500. The first-order valence-corrected chi connectivity index (χ1v) is 6.93. The summed E-state index contributed by atoms with van der Waals surface area (Å²) in [5.74, 6) is 0.807. The molecule has 1 unspecified atom stereocenters. The summed E-state index contributed by atoms with van der Waals surface area (Å²) in [7, 11) is 0. The summed E-state index contributed by atoms with van der Waals surface area (Å²) >= 11 is 5.73. The molecule has 3 nitrogen and oxygen atoms in total.